The van der Waals surface area contributed by atoms with Crippen LogP contribution in [-0.2, 0) is 13.0 Å². The van der Waals surface area contributed by atoms with E-state index in [1.165, 1.54) is 5.56 Å². The SMILES string of the molecule is CCNC(Cc1nccn1CC)c1ccc(Br)c(Cl)c1. The number of benzene rings is 1. The molecule has 0 saturated carbocycles. The molecule has 1 atom stereocenters. The number of halogens is 2. The van der Waals surface area contributed by atoms with E-state index in [9.17, 15) is 0 Å². The van der Waals surface area contributed by atoms with E-state index >= 15 is 0 Å². The lowest BCUT2D eigenvalue weighted by Crippen LogP contribution is -2.24. The Hall–Kier alpha value is -0.840. The quantitative estimate of drug-likeness (QED) is 0.840. The fourth-order valence-corrected chi connectivity index (χ4v) is 2.72. The molecule has 5 heteroatoms. The third-order valence-electron chi connectivity index (χ3n) is 3.33. The molecule has 0 aliphatic carbocycles. The van der Waals surface area contributed by atoms with Crippen LogP contribution in [0.2, 0.25) is 5.02 Å². The zero-order valence-electron chi connectivity index (χ0n) is 11.7. The van der Waals surface area contributed by atoms with Gasteiger partial charge in [-0.05, 0) is 47.1 Å². The molecule has 1 aromatic heterocycles. The summed E-state index contributed by atoms with van der Waals surface area (Å²) in [7, 11) is 0. The normalized spacial score (nSPS) is 12.6. The van der Waals surface area contributed by atoms with Gasteiger partial charge in [0.2, 0.25) is 0 Å². The average Bonchev–Trinajstić information content (AvgIpc) is 2.88. The van der Waals surface area contributed by atoms with Crippen LogP contribution in [0.1, 0.15) is 31.3 Å². The third kappa shape index (κ3) is 3.62. The van der Waals surface area contributed by atoms with Crippen molar-refractivity contribution in [1.82, 2.24) is 14.9 Å². The Morgan fingerprint density at radius 1 is 1.40 bits per heavy atom. The maximum atomic E-state index is 6.20. The Morgan fingerprint density at radius 3 is 2.85 bits per heavy atom. The highest BCUT2D eigenvalue weighted by atomic mass is 79.9. The second kappa shape index (κ2) is 7.25. The van der Waals surface area contributed by atoms with E-state index in [1.54, 1.807) is 0 Å². The van der Waals surface area contributed by atoms with E-state index in [1.807, 2.05) is 24.5 Å². The first-order valence-electron chi connectivity index (χ1n) is 6.84. The number of aryl methyl sites for hydroxylation is 1. The average molecular weight is 357 g/mol. The minimum Gasteiger partial charge on any atom is -0.335 e. The second-order valence-electron chi connectivity index (χ2n) is 4.62. The van der Waals surface area contributed by atoms with Crippen molar-refractivity contribution in [3.8, 4) is 0 Å². The van der Waals surface area contributed by atoms with Crippen LogP contribution in [0, 0.1) is 0 Å². The van der Waals surface area contributed by atoms with Crippen molar-refractivity contribution in [1.29, 1.82) is 0 Å². The predicted octanol–water partition coefficient (Wildman–Crippen LogP) is 4.21. The van der Waals surface area contributed by atoms with Gasteiger partial charge in [-0.15, -0.1) is 0 Å². The first-order valence-corrected chi connectivity index (χ1v) is 8.01. The number of nitrogens with zero attached hydrogens (tertiary/aromatic N) is 2. The van der Waals surface area contributed by atoms with Crippen molar-refractivity contribution in [2.24, 2.45) is 0 Å². The molecule has 1 unspecified atom stereocenters. The topological polar surface area (TPSA) is 29.9 Å². The first kappa shape index (κ1) is 15.5. The van der Waals surface area contributed by atoms with Gasteiger partial charge in [-0.3, -0.25) is 0 Å². The fraction of sp³-hybridized carbons (Fsp3) is 0.400. The minimum atomic E-state index is 0.221. The van der Waals surface area contributed by atoms with Crippen LogP contribution in [0.15, 0.2) is 35.1 Å². The van der Waals surface area contributed by atoms with E-state index in [2.05, 4.69) is 50.7 Å². The van der Waals surface area contributed by atoms with Gasteiger partial charge in [0.15, 0.2) is 0 Å². The van der Waals surface area contributed by atoms with Gasteiger partial charge in [-0.2, -0.15) is 0 Å². The molecule has 1 heterocycles. The molecule has 2 rings (SSSR count). The zero-order valence-corrected chi connectivity index (χ0v) is 14.1. The smallest absolute Gasteiger partial charge is 0.110 e. The standard InChI is InChI=1S/C15H19BrClN3/c1-3-18-14(10-15-19-7-8-20(15)4-2)11-5-6-12(16)13(17)9-11/h5-9,14,18H,3-4,10H2,1-2H3. The highest BCUT2D eigenvalue weighted by Crippen LogP contribution is 2.27. The molecule has 0 radical (unpaired) electrons. The Labute approximate surface area is 133 Å². The Bertz CT molecular complexity index is 568. The Morgan fingerprint density at radius 2 is 2.20 bits per heavy atom. The Kier molecular flexibility index (Phi) is 5.64. The van der Waals surface area contributed by atoms with Crippen molar-refractivity contribution in [3.63, 3.8) is 0 Å². The number of nitrogens with one attached hydrogen (secondary N) is 1. The summed E-state index contributed by atoms with van der Waals surface area (Å²) in [5.74, 6) is 1.09. The molecule has 0 saturated heterocycles. The van der Waals surface area contributed by atoms with Crippen LogP contribution >= 0.6 is 27.5 Å². The zero-order chi connectivity index (χ0) is 14.5. The van der Waals surface area contributed by atoms with E-state index in [4.69, 9.17) is 11.6 Å². The summed E-state index contributed by atoms with van der Waals surface area (Å²) >= 11 is 9.64. The minimum absolute atomic E-state index is 0.221. The van der Waals surface area contributed by atoms with Crippen molar-refractivity contribution >= 4 is 27.5 Å². The number of hydrogen-bond donors (Lipinski definition) is 1. The van der Waals surface area contributed by atoms with Crippen molar-refractivity contribution in [2.75, 3.05) is 6.54 Å². The molecule has 0 aliphatic rings. The van der Waals surface area contributed by atoms with Crippen molar-refractivity contribution in [3.05, 3.63) is 51.5 Å². The molecular weight excluding hydrogens is 338 g/mol. The number of rotatable bonds is 6. The first-order chi connectivity index (χ1) is 9.65. The lowest BCUT2D eigenvalue weighted by atomic mass is 10.0. The van der Waals surface area contributed by atoms with Gasteiger partial charge >= 0.3 is 0 Å². The van der Waals surface area contributed by atoms with Crippen LogP contribution < -0.4 is 5.32 Å². The molecule has 0 amide bonds. The molecule has 0 fully saturated rings. The van der Waals surface area contributed by atoms with E-state index in [-0.39, 0.29) is 6.04 Å². The van der Waals surface area contributed by atoms with E-state index in [0.717, 1.165) is 34.8 Å². The van der Waals surface area contributed by atoms with Gasteiger partial charge in [0.1, 0.15) is 5.82 Å². The maximum Gasteiger partial charge on any atom is 0.110 e. The molecule has 3 nitrogen and oxygen atoms in total. The molecule has 20 heavy (non-hydrogen) atoms. The second-order valence-corrected chi connectivity index (χ2v) is 5.88. The fourth-order valence-electron chi connectivity index (χ4n) is 2.28. The predicted molar refractivity (Wildman–Crippen MR) is 87.2 cm³/mol. The van der Waals surface area contributed by atoms with Crippen molar-refractivity contribution in [2.45, 2.75) is 32.9 Å². The van der Waals surface area contributed by atoms with E-state index in [0.29, 0.717) is 0 Å². The lowest BCUT2D eigenvalue weighted by molar-refractivity contribution is 0.522. The highest BCUT2D eigenvalue weighted by molar-refractivity contribution is 9.10. The van der Waals surface area contributed by atoms with Gasteiger partial charge in [-0.25, -0.2) is 4.98 Å². The summed E-state index contributed by atoms with van der Waals surface area (Å²) < 4.78 is 3.10. The summed E-state index contributed by atoms with van der Waals surface area (Å²) in [6, 6.07) is 6.33. The van der Waals surface area contributed by atoms with Gasteiger partial charge in [0.05, 0.1) is 5.02 Å². The molecule has 0 spiro atoms. The number of aromatic nitrogens is 2. The summed E-state index contributed by atoms with van der Waals surface area (Å²) in [6.07, 6.45) is 4.73. The Balaban J connectivity index is 2.24. The van der Waals surface area contributed by atoms with Gasteiger partial charge in [-0.1, -0.05) is 24.6 Å². The van der Waals surface area contributed by atoms with Gasteiger partial charge in [0, 0.05) is 35.9 Å². The molecule has 0 aliphatic heterocycles. The molecule has 108 valence electrons. The molecule has 0 bridgehead atoms. The summed E-state index contributed by atoms with van der Waals surface area (Å²) in [4.78, 5) is 4.46. The number of likely N-dealkylation sites (N-methyl/N-ethyl adjacent to an activating group) is 1. The number of hydrogen-bond acceptors (Lipinski definition) is 2. The lowest BCUT2D eigenvalue weighted by Gasteiger charge is -2.19. The van der Waals surface area contributed by atoms with Crippen LogP contribution in [0.5, 0.6) is 0 Å². The molecule has 1 aromatic carbocycles. The van der Waals surface area contributed by atoms with Gasteiger partial charge in [0.25, 0.3) is 0 Å². The van der Waals surface area contributed by atoms with Crippen LogP contribution in [-0.4, -0.2) is 16.1 Å². The molecular formula is C15H19BrClN3. The maximum absolute atomic E-state index is 6.20. The summed E-state index contributed by atoms with van der Waals surface area (Å²) in [6.45, 7) is 6.09. The largest absolute Gasteiger partial charge is 0.335 e. The molecule has 1 N–H and O–H groups in total. The summed E-state index contributed by atoms with van der Waals surface area (Å²) in [5.41, 5.74) is 1.19. The van der Waals surface area contributed by atoms with Crippen LogP contribution in [0.4, 0.5) is 0 Å². The van der Waals surface area contributed by atoms with E-state index < -0.39 is 0 Å². The highest BCUT2D eigenvalue weighted by Gasteiger charge is 2.15. The molecule has 2 aromatic rings. The van der Waals surface area contributed by atoms with Crippen LogP contribution in [0.25, 0.3) is 0 Å². The number of imidazole rings is 1. The van der Waals surface area contributed by atoms with Gasteiger partial charge < -0.3 is 9.88 Å². The third-order valence-corrected chi connectivity index (χ3v) is 4.56. The monoisotopic (exact) mass is 355 g/mol. The summed E-state index contributed by atoms with van der Waals surface area (Å²) in [5, 5.41) is 4.25. The van der Waals surface area contributed by atoms with Crippen molar-refractivity contribution < 1.29 is 0 Å². The van der Waals surface area contributed by atoms with Crippen LogP contribution in [0.3, 0.4) is 0 Å².